The number of primary amides is 1. The molecule has 2 aromatic rings. The molecule has 27 heavy (non-hydrogen) atoms. The molecule has 2 amide bonds. The number of rotatable bonds is 7. The van der Waals surface area contributed by atoms with Gasteiger partial charge in [-0.3, -0.25) is 14.5 Å². The van der Waals surface area contributed by atoms with Crippen LogP contribution in [-0.2, 0) is 16.0 Å². The Morgan fingerprint density at radius 1 is 1.26 bits per heavy atom. The first-order valence-electron chi connectivity index (χ1n) is 9.22. The molecule has 0 spiro atoms. The van der Waals surface area contributed by atoms with Crippen LogP contribution in [0.3, 0.4) is 0 Å². The molecule has 3 N–H and O–H groups in total. The Balaban J connectivity index is 1.43. The second-order valence-corrected chi connectivity index (χ2v) is 9.12. The lowest BCUT2D eigenvalue weighted by molar-refractivity contribution is -0.118. The minimum atomic E-state index is -0.367. The molecule has 1 aliphatic heterocycles. The second-order valence-electron chi connectivity index (χ2n) is 7.10. The zero-order chi connectivity index (χ0) is 18.8. The van der Waals surface area contributed by atoms with Crippen molar-refractivity contribution in [2.24, 2.45) is 11.7 Å². The monoisotopic (exact) mass is 401 g/mol. The quantitative estimate of drug-likeness (QED) is 0.698. The average molecular weight is 402 g/mol. The zero-order valence-electron chi connectivity index (χ0n) is 15.0. The molecule has 2 heterocycles. The van der Waals surface area contributed by atoms with E-state index in [1.165, 1.54) is 35.0 Å². The summed E-state index contributed by atoms with van der Waals surface area (Å²) < 4.78 is 0. The van der Waals surface area contributed by atoms with Crippen LogP contribution < -0.4 is 11.1 Å². The van der Waals surface area contributed by atoms with Crippen molar-refractivity contribution >= 4 is 40.6 Å². The summed E-state index contributed by atoms with van der Waals surface area (Å²) in [6.45, 7) is 1.32. The van der Waals surface area contributed by atoms with E-state index in [1.807, 2.05) is 35.6 Å². The Morgan fingerprint density at radius 3 is 2.85 bits per heavy atom. The molecule has 0 bridgehead atoms. The molecule has 0 saturated heterocycles. The van der Waals surface area contributed by atoms with E-state index in [-0.39, 0.29) is 17.6 Å². The number of benzene rings is 1. The number of thioether (sulfide) groups is 1. The van der Waals surface area contributed by atoms with Gasteiger partial charge in [-0.2, -0.15) is 0 Å². The number of carbonyl (C=O) groups excluding carboxylic acids is 2. The van der Waals surface area contributed by atoms with E-state index >= 15 is 0 Å². The molecule has 1 atom stereocenters. The number of para-hydroxylation sites is 1. The summed E-state index contributed by atoms with van der Waals surface area (Å²) in [7, 11) is 0. The molecule has 0 radical (unpaired) electrons. The molecule has 142 valence electrons. The lowest BCUT2D eigenvalue weighted by Gasteiger charge is -2.35. The standard InChI is InChI=1S/C20H23N3O2S2/c21-18(24)12-27-17-4-2-1-3-15(17)22-19(25)11-23-9-7-16-14(8-10-26-16)20(23)13-5-6-13/h1-4,8,10,13,20H,5-7,9,11-12H2,(H2,21,24)(H,22,25)/t20-/m0/s1. The molecule has 4 rings (SSSR count). The van der Waals surface area contributed by atoms with E-state index in [0.29, 0.717) is 18.5 Å². The maximum absolute atomic E-state index is 12.8. The largest absolute Gasteiger partial charge is 0.369 e. The number of anilines is 1. The van der Waals surface area contributed by atoms with Crippen LogP contribution in [0.4, 0.5) is 5.69 Å². The zero-order valence-corrected chi connectivity index (χ0v) is 16.7. The fraction of sp³-hybridized carbons (Fsp3) is 0.400. The number of amides is 2. The third-order valence-corrected chi connectivity index (χ3v) is 7.16. The topological polar surface area (TPSA) is 75.4 Å². The molecule has 1 aliphatic carbocycles. The molecule has 1 saturated carbocycles. The molecule has 1 aromatic heterocycles. The normalized spacial score (nSPS) is 19.5. The molecular formula is C20H23N3O2S2. The highest BCUT2D eigenvalue weighted by Gasteiger charge is 2.40. The number of nitrogens with two attached hydrogens (primary N) is 1. The Bertz CT molecular complexity index is 847. The molecule has 7 heteroatoms. The van der Waals surface area contributed by atoms with Crippen LogP contribution in [0.5, 0.6) is 0 Å². The number of hydrogen-bond donors (Lipinski definition) is 2. The summed E-state index contributed by atoms with van der Waals surface area (Å²) in [4.78, 5) is 28.5. The van der Waals surface area contributed by atoms with Gasteiger partial charge in [-0.25, -0.2) is 0 Å². The van der Waals surface area contributed by atoms with Crippen molar-refractivity contribution in [1.29, 1.82) is 0 Å². The lowest BCUT2D eigenvalue weighted by atomic mass is 9.96. The highest BCUT2D eigenvalue weighted by molar-refractivity contribution is 8.00. The van der Waals surface area contributed by atoms with Gasteiger partial charge < -0.3 is 11.1 Å². The predicted molar refractivity (Wildman–Crippen MR) is 110 cm³/mol. The third-order valence-electron chi connectivity index (χ3n) is 5.06. The van der Waals surface area contributed by atoms with Gasteiger partial charge in [-0.05, 0) is 54.3 Å². The Hall–Kier alpha value is -1.83. The number of fused-ring (bicyclic) bond motifs is 1. The van der Waals surface area contributed by atoms with Crippen molar-refractivity contribution in [1.82, 2.24) is 4.90 Å². The fourth-order valence-corrected chi connectivity index (χ4v) is 5.42. The summed E-state index contributed by atoms with van der Waals surface area (Å²) in [5.41, 5.74) is 7.41. The number of nitrogens with one attached hydrogen (secondary N) is 1. The first kappa shape index (κ1) is 18.5. The van der Waals surface area contributed by atoms with Crippen LogP contribution in [0.1, 0.15) is 29.3 Å². The summed E-state index contributed by atoms with van der Waals surface area (Å²) in [5, 5.41) is 5.20. The summed E-state index contributed by atoms with van der Waals surface area (Å²) in [5.74, 6) is 0.508. The maximum Gasteiger partial charge on any atom is 0.238 e. The third kappa shape index (κ3) is 4.36. The van der Waals surface area contributed by atoms with Gasteiger partial charge in [0, 0.05) is 22.4 Å². The van der Waals surface area contributed by atoms with E-state index in [9.17, 15) is 9.59 Å². The van der Waals surface area contributed by atoms with Gasteiger partial charge in [-0.15, -0.1) is 23.1 Å². The van der Waals surface area contributed by atoms with Crippen LogP contribution in [0.25, 0.3) is 0 Å². The van der Waals surface area contributed by atoms with Gasteiger partial charge in [-0.1, -0.05) is 12.1 Å². The van der Waals surface area contributed by atoms with Crippen LogP contribution in [0, 0.1) is 5.92 Å². The van der Waals surface area contributed by atoms with Crippen molar-refractivity contribution < 1.29 is 9.59 Å². The van der Waals surface area contributed by atoms with Crippen molar-refractivity contribution in [2.45, 2.75) is 30.2 Å². The van der Waals surface area contributed by atoms with Gasteiger partial charge in [0.1, 0.15) is 0 Å². The fourth-order valence-electron chi connectivity index (χ4n) is 3.76. The van der Waals surface area contributed by atoms with Crippen molar-refractivity contribution in [3.63, 3.8) is 0 Å². The van der Waals surface area contributed by atoms with Crippen LogP contribution in [0.15, 0.2) is 40.6 Å². The van der Waals surface area contributed by atoms with Gasteiger partial charge in [0.15, 0.2) is 0 Å². The number of thiophene rings is 1. The van der Waals surface area contributed by atoms with E-state index in [2.05, 4.69) is 21.7 Å². The second kappa shape index (κ2) is 8.04. The van der Waals surface area contributed by atoms with Crippen molar-refractivity contribution in [2.75, 3.05) is 24.2 Å². The highest BCUT2D eigenvalue weighted by Crippen LogP contribution is 2.48. The first-order chi connectivity index (χ1) is 13.1. The summed E-state index contributed by atoms with van der Waals surface area (Å²) in [6.07, 6.45) is 3.53. The first-order valence-corrected chi connectivity index (χ1v) is 11.1. The SMILES string of the molecule is NC(=O)CSc1ccccc1NC(=O)CN1CCc2sccc2[C@@H]1C1CC1. The van der Waals surface area contributed by atoms with E-state index in [1.54, 1.807) is 0 Å². The molecule has 1 aromatic carbocycles. The van der Waals surface area contributed by atoms with Gasteiger partial charge in [0.05, 0.1) is 18.0 Å². The molecule has 5 nitrogen and oxygen atoms in total. The van der Waals surface area contributed by atoms with Crippen LogP contribution >= 0.6 is 23.1 Å². The smallest absolute Gasteiger partial charge is 0.238 e. The van der Waals surface area contributed by atoms with Gasteiger partial charge in [0.25, 0.3) is 0 Å². The van der Waals surface area contributed by atoms with Crippen LogP contribution in [0.2, 0.25) is 0 Å². The predicted octanol–water partition coefficient (Wildman–Crippen LogP) is 3.27. The minimum absolute atomic E-state index is 0.00791. The number of nitrogens with zero attached hydrogens (tertiary/aromatic N) is 1. The van der Waals surface area contributed by atoms with Crippen molar-refractivity contribution in [3.05, 3.63) is 46.2 Å². The lowest BCUT2D eigenvalue weighted by Crippen LogP contribution is -2.41. The van der Waals surface area contributed by atoms with E-state index in [4.69, 9.17) is 5.73 Å². The van der Waals surface area contributed by atoms with Gasteiger partial charge >= 0.3 is 0 Å². The Kier molecular flexibility index (Phi) is 5.52. The molecule has 1 fully saturated rings. The molecule has 2 aliphatic rings. The molecule has 0 unspecified atom stereocenters. The molecular weight excluding hydrogens is 378 g/mol. The van der Waals surface area contributed by atoms with Crippen LogP contribution in [-0.4, -0.2) is 35.6 Å². The van der Waals surface area contributed by atoms with E-state index < -0.39 is 0 Å². The van der Waals surface area contributed by atoms with E-state index in [0.717, 1.165) is 23.5 Å². The average Bonchev–Trinajstić information content (AvgIpc) is 3.36. The minimum Gasteiger partial charge on any atom is -0.369 e. The van der Waals surface area contributed by atoms with Gasteiger partial charge in [0.2, 0.25) is 11.8 Å². The number of carbonyl (C=O) groups is 2. The number of hydrogen-bond acceptors (Lipinski definition) is 5. The summed E-state index contributed by atoms with van der Waals surface area (Å²) >= 11 is 3.19. The Morgan fingerprint density at radius 2 is 2.07 bits per heavy atom. The maximum atomic E-state index is 12.8. The summed E-state index contributed by atoms with van der Waals surface area (Å²) in [6, 6.07) is 10.2. The van der Waals surface area contributed by atoms with Crippen molar-refractivity contribution in [3.8, 4) is 0 Å². The highest BCUT2D eigenvalue weighted by atomic mass is 32.2. The Labute approximate surface area is 167 Å².